The van der Waals surface area contributed by atoms with Crippen LogP contribution in [0.5, 0.6) is 0 Å². The average Bonchev–Trinajstić information content (AvgIpc) is 3.53. The van der Waals surface area contributed by atoms with Crippen LogP contribution in [-0.4, -0.2) is 55.9 Å². The van der Waals surface area contributed by atoms with Crippen molar-refractivity contribution in [1.29, 1.82) is 0 Å². The van der Waals surface area contributed by atoms with Crippen molar-refractivity contribution in [1.82, 2.24) is 24.9 Å². The van der Waals surface area contributed by atoms with Crippen LogP contribution >= 0.6 is 11.3 Å². The first-order valence-electron chi connectivity index (χ1n) is 9.85. The van der Waals surface area contributed by atoms with Gasteiger partial charge in [0, 0.05) is 24.4 Å². The minimum atomic E-state index is -0.392. The van der Waals surface area contributed by atoms with E-state index in [0.29, 0.717) is 36.9 Å². The molecule has 1 saturated heterocycles. The second kappa shape index (κ2) is 7.96. The molecule has 2 amide bonds. The molecule has 0 saturated carbocycles. The molecule has 1 N–H and O–H groups in total. The van der Waals surface area contributed by atoms with Gasteiger partial charge < -0.3 is 9.64 Å². The highest BCUT2D eigenvalue weighted by Gasteiger charge is 2.28. The van der Waals surface area contributed by atoms with E-state index < -0.39 is 6.10 Å². The third kappa shape index (κ3) is 3.71. The van der Waals surface area contributed by atoms with Crippen LogP contribution in [0.2, 0.25) is 0 Å². The monoisotopic (exact) mass is 424 g/mol. The third-order valence-corrected chi connectivity index (χ3v) is 6.17. The minimum absolute atomic E-state index is 0.149. The molecule has 1 unspecified atom stereocenters. The molecule has 0 radical (unpaired) electrons. The Labute approximate surface area is 176 Å². The lowest BCUT2D eigenvalue weighted by molar-refractivity contribution is -0.124. The first kappa shape index (κ1) is 18.9. The first-order chi connectivity index (χ1) is 14.7. The number of ether oxygens (including phenoxy) is 1. The van der Waals surface area contributed by atoms with Gasteiger partial charge in [-0.2, -0.15) is 9.90 Å². The Balaban J connectivity index is 1.26. The number of carbonyl (C=O) groups is 2. The van der Waals surface area contributed by atoms with Gasteiger partial charge in [0.1, 0.15) is 6.10 Å². The number of benzene rings is 1. The van der Waals surface area contributed by atoms with E-state index >= 15 is 0 Å². The van der Waals surface area contributed by atoms with Crippen molar-refractivity contribution in [2.24, 2.45) is 0 Å². The van der Waals surface area contributed by atoms with Gasteiger partial charge in [0.15, 0.2) is 10.8 Å². The van der Waals surface area contributed by atoms with Crippen LogP contribution in [0.3, 0.4) is 0 Å². The van der Waals surface area contributed by atoms with E-state index in [4.69, 9.17) is 4.74 Å². The summed E-state index contributed by atoms with van der Waals surface area (Å²) in [6.45, 7) is 1.62. The Morgan fingerprint density at radius 2 is 2.10 bits per heavy atom. The van der Waals surface area contributed by atoms with Crippen LogP contribution in [0, 0.1) is 0 Å². The van der Waals surface area contributed by atoms with E-state index in [1.165, 1.54) is 22.3 Å². The molecule has 0 bridgehead atoms. The van der Waals surface area contributed by atoms with Crippen LogP contribution in [-0.2, 0) is 22.5 Å². The van der Waals surface area contributed by atoms with Crippen molar-refractivity contribution >= 4 is 28.3 Å². The quantitative estimate of drug-likeness (QED) is 0.688. The lowest BCUT2D eigenvalue weighted by Gasteiger charge is -2.25. The van der Waals surface area contributed by atoms with E-state index in [1.54, 1.807) is 4.90 Å². The normalized spacial score (nSPS) is 18.3. The van der Waals surface area contributed by atoms with Crippen LogP contribution in [0.25, 0.3) is 5.69 Å². The van der Waals surface area contributed by atoms with Gasteiger partial charge in [0.05, 0.1) is 24.1 Å². The zero-order valence-electron chi connectivity index (χ0n) is 16.2. The smallest absolute Gasteiger partial charge is 0.276 e. The van der Waals surface area contributed by atoms with Gasteiger partial charge in [0.2, 0.25) is 0 Å². The highest BCUT2D eigenvalue weighted by atomic mass is 32.1. The van der Waals surface area contributed by atoms with Gasteiger partial charge in [-0.05, 0) is 25.0 Å². The van der Waals surface area contributed by atoms with E-state index in [0.717, 1.165) is 29.1 Å². The van der Waals surface area contributed by atoms with Crippen molar-refractivity contribution < 1.29 is 14.3 Å². The average molecular weight is 424 g/mol. The Bertz CT molecular complexity index is 1070. The maximum atomic E-state index is 12.9. The second-order valence-electron chi connectivity index (χ2n) is 7.21. The molecule has 4 heterocycles. The molecular formula is C20H20N6O3S. The van der Waals surface area contributed by atoms with Gasteiger partial charge in [-0.15, -0.1) is 5.10 Å². The van der Waals surface area contributed by atoms with Crippen molar-refractivity contribution in [2.75, 3.05) is 18.5 Å². The fraction of sp³-hybridized carbons (Fsp3) is 0.350. The predicted octanol–water partition coefficient (Wildman–Crippen LogP) is 2.04. The summed E-state index contributed by atoms with van der Waals surface area (Å²) in [5.41, 5.74) is 2.03. The highest BCUT2D eigenvalue weighted by Crippen LogP contribution is 2.29. The number of nitrogens with zero attached hydrogens (tertiary/aromatic N) is 5. The minimum Gasteiger partial charge on any atom is -0.368 e. The Morgan fingerprint density at radius 3 is 2.90 bits per heavy atom. The first-order valence-corrected chi connectivity index (χ1v) is 10.7. The Hall–Kier alpha value is -3.11. The largest absolute Gasteiger partial charge is 0.368 e. The number of para-hydroxylation sites is 1. The van der Waals surface area contributed by atoms with E-state index in [9.17, 15) is 9.59 Å². The molecule has 1 atom stereocenters. The fourth-order valence-corrected chi connectivity index (χ4v) is 4.63. The molecule has 5 rings (SSSR count). The van der Waals surface area contributed by atoms with Crippen LogP contribution in [0.4, 0.5) is 5.13 Å². The van der Waals surface area contributed by atoms with Crippen LogP contribution in [0.15, 0.2) is 36.5 Å². The number of hydrogen-bond acceptors (Lipinski definition) is 7. The molecule has 2 aliphatic rings. The van der Waals surface area contributed by atoms with Crippen molar-refractivity contribution in [3.8, 4) is 5.69 Å². The second-order valence-corrected chi connectivity index (χ2v) is 8.29. The van der Waals surface area contributed by atoms with Gasteiger partial charge >= 0.3 is 0 Å². The number of aromatic nitrogens is 4. The molecule has 10 heteroatoms. The zero-order chi connectivity index (χ0) is 20.5. The molecular weight excluding hydrogens is 404 g/mol. The zero-order valence-corrected chi connectivity index (χ0v) is 17.0. The third-order valence-electron chi connectivity index (χ3n) is 5.17. The van der Waals surface area contributed by atoms with Gasteiger partial charge in [-0.1, -0.05) is 29.5 Å². The maximum Gasteiger partial charge on any atom is 0.276 e. The SMILES string of the molecule is O=C(Nc1nc2c(s1)CN(C(=O)c1cnn(-c3ccccc3)n1)CC2)C1CCCO1. The topological polar surface area (TPSA) is 102 Å². The summed E-state index contributed by atoms with van der Waals surface area (Å²) in [5.74, 6) is -0.315. The maximum absolute atomic E-state index is 12.9. The van der Waals surface area contributed by atoms with Crippen molar-refractivity contribution in [3.63, 3.8) is 0 Å². The molecule has 1 aromatic carbocycles. The molecule has 0 spiro atoms. The van der Waals surface area contributed by atoms with Gasteiger partial charge in [-0.25, -0.2) is 4.98 Å². The molecule has 30 heavy (non-hydrogen) atoms. The number of rotatable bonds is 4. The molecule has 3 aromatic rings. The fourth-order valence-electron chi connectivity index (χ4n) is 3.60. The molecule has 154 valence electrons. The summed E-state index contributed by atoms with van der Waals surface area (Å²) in [4.78, 5) is 33.9. The number of nitrogens with one attached hydrogen (secondary N) is 1. The number of carbonyl (C=O) groups excluding carboxylic acids is 2. The summed E-state index contributed by atoms with van der Waals surface area (Å²) in [6.07, 6.45) is 3.38. The number of hydrogen-bond donors (Lipinski definition) is 1. The number of anilines is 1. The van der Waals surface area contributed by atoms with Crippen molar-refractivity contribution in [2.45, 2.75) is 31.9 Å². The Morgan fingerprint density at radius 1 is 1.23 bits per heavy atom. The van der Waals surface area contributed by atoms with E-state index in [2.05, 4.69) is 20.5 Å². The molecule has 9 nitrogen and oxygen atoms in total. The lowest BCUT2D eigenvalue weighted by atomic mass is 10.1. The molecule has 2 aromatic heterocycles. The van der Waals surface area contributed by atoms with Crippen LogP contribution in [0.1, 0.15) is 33.9 Å². The molecule has 2 aliphatic heterocycles. The van der Waals surface area contributed by atoms with Gasteiger partial charge in [-0.3, -0.25) is 14.9 Å². The van der Waals surface area contributed by atoms with Gasteiger partial charge in [0.25, 0.3) is 11.8 Å². The Kier molecular flexibility index (Phi) is 5.01. The molecule has 1 fully saturated rings. The number of amides is 2. The standard InChI is InChI=1S/C20H20N6O3S/c27-18(16-7-4-10-29-16)23-20-22-14-8-9-25(12-17(14)30-20)19(28)15-11-21-26(24-15)13-5-2-1-3-6-13/h1-3,5-6,11,16H,4,7-10,12H2,(H,22,23,27). The summed E-state index contributed by atoms with van der Waals surface area (Å²) in [6, 6.07) is 9.46. The number of thiazole rings is 1. The van der Waals surface area contributed by atoms with E-state index in [-0.39, 0.29) is 11.8 Å². The predicted molar refractivity (Wildman–Crippen MR) is 110 cm³/mol. The summed E-state index contributed by atoms with van der Waals surface area (Å²) < 4.78 is 5.42. The van der Waals surface area contributed by atoms with Crippen molar-refractivity contribution in [3.05, 3.63) is 52.8 Å². The number of fused-ring (bicyclic) bond motifs is 1. The van der Waals surface area contributed by atoms with E-state index in [1.807, 2.05) is 30.3 Å². The molecule has 0 aliphatic carbocycles. The lowest BCUT2D eigenvalue weighted by Crippen LogP contribution is -2.35. The highest BCUT2D eigenvalue weighted by molar-refractivity contribution is 7.15. The van der Waals surface area contributed by atoms with Crippen LogP contribution < -0.4 is 5.32 Å². The summed E-state index contributed by atoms with van der Waals surface area (Å²) in [7, 11) is 0. The summed E-state index contributed by atoms with van der Waals surface area (Å²) >= 11 is 1.41. The summed E-state index contributed by atoms with van der Waals surface area (Å²) in [5, 5.41) is 12.0.